The standard InChI is InChI=1S/C26H20N4O3/c1-4-23-16(2)26-24(30-23)11-19(32-22-9-18(13-28)14-29-15-22)5-6-25(26)33-21-8-17(12-27)7-20(10-21)31-3/h5-11,14-15H,4H2,1-3H3. The molecule has 1 aromatic heterocycles. The fraction of sp³-hybridized carbons (Fsp3) is 0.154. The van der Waals surface area contributed by atoms with Crippen molar-refractivity contribution in [2.45, 2.75) is 20.3 Å². The molecule has 0 bridgehead atoms. The van der Waals surface area contributed by atoms with Crippen molar-refractivity contribution in [2.75, 3.05) is 7.11 Å². The molecule has 0 fully saturated rings. The molecular weight excluding hydrogens is 416 g/mol. The van der Waals surface area contributed by atoms with Crippen LogP contribution in [0.5, 0.6) is 28.7 Å². The molecule has 7 heteroatoms. The quantitative estimate of drug-likeness (QED) is 0.377. The molecule has 0 saturated carbocycles. The van der Waals surface area contributed by atoms with Gasteiger partial charge in [-0.15, -0.1) is 0 Å². The summed E-state index contributed by atoms with van der Waals surface area (Å²) in [6.07, 6.45) is 3.79. The number of hydrogen-bond donors (Lipinski definition) is 0. The molecule has 1 aromatic carbocycles. The minimum atomic E-state index is 0.406. The molecule has 0 unspecified atom stereocenters. The molecule has 2 heterocycles. The molecule has 33 heavy (non-hydrogen) atoms. The van der Waals surface area contributed by atoms with E-state index in [-0.39, 0.29) is 0 Å². The van der Waals surface area contributed by atoms with Gasteiger partial charge in [-0.2, -0.15) is 10.5 Å². The van der Waals surface area contributed by atoms with Crippen LogP contribution in [0.15, 0.2) is 54.9 Å². The number of benzene rings is 1. The summed E-state index contributed by atoms with van der Waals surface area (Å²) in [6, 6.07) is 16.2. The number of hydrogen-bond acceptors (Lipinski definition) is 7. The average molecular weight is 436 g/mol. The minimum Gasteiger partial charge on any atom is -0.497 e. The van der Waals surface area contributed by atoms with Gasteiger partial charge in [-0.05, 0) is 43.2 Å². The maximum Gasteiger partial charge on any atom is 0.147 e. The highest BCUT2D eigenvalue weighted by Gasteiger charge is 2.20. The molecule has 0 amide bonds. The Bertz CT molecular complexity index is 1390. The molecule has 0 spiro atoms. The van der Waals surface area contributed by atoms with Gasteiger partial charge in [-0.25, -0.2) is 0 Å². The van der Waals surface area contributed by atoms with Crippen LogP contribution in [0.3, 0.4) is 0 Å². The Balaban J connectivity index is 1.80. The number of nitriles is 2. The van der Waals surface area contributed by atoms with Crippen molar-refractivity contribution in [3.05, 3.63) is 77.2 Å². The van der Waals surface area contributed by atoms with Crippen molar-refractivity contribution in [3.8, 4) is 52.1 Å². The second kappa shape index (κ2) is 9.25. The SMILES string of the molecule is CCc1nc2cc(Oc3cncc(C#N)c3)ccc(Oc3cc(C#N)cc(OC)c3)c-2c1C. The van der Waals surface area contributed by atoms with Crippen LogP contribution in [0.1, 0.15) is 29.3 Å². The van der Waals surface area contributed by atoms with E-state index in [1.54, 1.807) is 49.7 Å². The van der Waals surface area contributed by atoms with E-state index in [1.807, 2.05) is 19.9 Å². The minimum absolute atomic E-state index is 0.406. The van der Waals surface area contributed by atoms with E-state index >= 15 is 0 Å². The molecule has 2 aliphatic rings. The Morgan fingerprint density at radius 3 is 2.33 bits per heavy atom. The number of pyridine rings is 1. The van der Waals surface area contributed by atoms with Crippen LogP contribution in [-0.2, 0) is 6.42 Å². The van der Waals surface area contributed by atoms with E-state index in [0.29, 0.717) is 45.6 Å². The van der Waals surface area contributed by atoms with E-state index in [9.17, 15) is 5.26 Å². The molecular formula is C26H20N4O3. The molecule has 1 aliphatic heterocycles. The first-order valence-corrected chi connectivity index (χ1v) is 10.3. The van der Waals surface area contributed by atoms with E-state index in [4.69, 9.17) is 24.5 Å². The van der Waals surface area contributed by atoms with Gasteiger partial charge in [0.15, 0.2) is 0 Å². The van der Waals surface area contributed by atoms with E-state index in [0.717, 1.165) is 23.2 Å². The summed E-state index contributed by atoms with van der Waals surface area (Å²) >= 11 is 0. The lowest BCUT2D eigenvalue weighted by Gasteiger charge is -2.10. The van der Waals surface area contributed by atoms with Crippen molar-refractivity contribution in [3.63, 3.8) is 0 Å². The highest BCUT2D eigenvalue weighted by atomic mass is 16.5. The monoisotopic (exact) mass is 436 g/mol. The van der Waals surface area contributed by atoms with Crippen LogP contribution in [0.4, 0.5) is 0 Å². The van der Waals surface area contributed by atoms with Gasteiger partial charge in [0.2, 0.25) is 0 Å². The van der Waals surface area contributed by atoms with Gasteiger partial charge in [0, 0.05) is 35.7 Å². The zero-order valence-electron chi connectivity index (χ0n) is 18.4. The first-order valence-electron chi connectivity index (χ1n) is 10.3. The summed E-state index contributed by atoms with van der Waals surface area (Å²) in [6.45, 7) is 4.06. The molecule has 162 valence electrons. The van der Waals surface area contributed by atoms with Crippen molar-refractivity contribution in [1.29, 1.82) is 10.5 Å². The zero-order chi connectivity index (χ0) is 23.4. The maximum atomic E-state index is 9.34. The number of rotatable bonds is 6. The molecule has 7 nitrogen and oxygen atoms in total. The summed E-state index contributed by atoms with van der Waals surface area (Å²) in [7, 11) is 1.54. The van der Waals surface area contributed by atoms with E-state index in [2.05, 4.69) is 17.1 Å². The third kappa shape index (κ3) is 4.53. The van der Waals surface area contributed by atoms with Gasteiger partial charge < -0.3 is 14.2 Å². The summed E-state index contributed by atoms with van der Waals surface area (Å²) in [4.78, 5) is 8.81. The lowest BCUT2D eigenvalue weighted by atomic mass is 10.1. The van der Waals surface area contributed by atoms with Crippen molar-refractivity contribution >= 4 is 0 Å². The molecule has 0 N–H and O–H groups in total. The fourth-order valence-electron chi connectivity index (χ4n) is 3.57. The number of aryl methyl sites for hydroxylation is 1. The van der Waals surface area contributed by atoms with Crippen LogP contribution >= 0.6 is 0 Å². The van der Waals surface area contributed by atoms with Crippen LogP contribution in [0.2, 0.25) is 0 Å². The Morgan fingerprint density at radius 1 is 0.848 bits per heavy atom. The Morgan fingerprint density at radius 2 is 1.61 bits per heavy atom. The van der Waals surface area contributed by atoms with Gasteiger partial charge in [0.25, 0.3) is 0 Å². The van der Waals surface area contributed by atoms with Gasteiger partial charge in [-0.1, -0.05) is 6.92 Å². The van der Waals surface area contributed by atoms with Gasteiger partial charge in [-0.3, -0.25) is 9.97 Å². The lowest BCUT2D eigenvalue weighted by molar-refractivity contribution is 0.409. The number of ether oxygens (including phenoxy) is 3. The normalized spacial score (nSPS) is 10.3. The van der Waals surface area contributed by atoms with Crippen LogP contribution in [0, 0.1) is 29.6 Å². The van der Waals surface area contributed by atoms with Crippen LogP contribution < -0.4 is 14.2 Å². The van der Waals surface area contributed by atoms with Crippen molar-refractivity contribution in [1.82, 2.24) is 9.97 Å². The Hall–Kier alpha value is -4.62. The van der Waals surface area contributed by atoms with Crippen LogP contribution in [-0.4, -0.2) is 17.1 Å². The summed E-state index contributed by atoms with van der Waals surface area (Å²) in [5, 5.41) is 18.5. The third-order valence-corrected chi connectivity index (χ3v) is 5.13. The number of fused-ring (bicyclic) bond motifs is 1. The van der Waals surface area contributed by atoms with Crippen LogP contribution in [0.25, 0.3) is 11.3 Å². The van der Waals surface area contributed by atoms with Gasteiger partial charge in [0.1, 0.15) is 34.8 Å². The third-order valence-electron chi connectivity index (χ3n) is 5.13. The summed E-state index contributed by atoms with van der Waals surface area (Å²) in [5.74, 6) is 2.55. The van der Waals surface area contributed by atoms with Crippen molar-refractivity contribution < 1.29 is 14.2 Å². The molecule has 0 saturated heterocycles. The van der Waals surface area contributed by atoms with E-state index in [1.165, 1.54) is 6.20 Å². The molecule has 1 aliphatic carbocycles. The zero-order valence-corrected chi connectivity index (χ0v) is 18.4. The second-order valence-corrected chi connectivity index (χ2v) is 7.28. The van der Waals surface area contributed by atoms with Gasteiger partial charge >= 0.3 is 0 Å². The molecule has 2 aromatic rings. The highest BCUT2D eigenvalue weighted by molar-refractivity contribution is 5.75. The summed E-state index contributed by atoms with van der Waals surface area (Å²) in [5.41, 5.74) is 4.38. The first kappa shape index (κ1) is 21.6. The number of methoxy groups -OCH3 is 1. The lowest BCUT2D eigenvalue weighted by Crippen LogP contribution is -1.90. The van der Waals surface area contributed by atoms with Gasteiger partial charge in [0.05, 0.1) is 36.2 Å². The van der Waals surface area contributed by atoms with E-state index < -0.39 is 0 Å². The maximum absolute atomic E-state index is 9.34. The predicted molar refractivity (Wildman–Crippen MR) is 122 cm³/mol. The van der Waals surface area contributed by atoms with Crippen molar-refractivity contribution in [2.24, 2.45) is 0 Å². The average Bonchev–Trinajstić information content (AvgIpc) is 3.05. The Kier molecular flexibility index (Phi) is 6.06. The number of nitrogens with zero attached hydrogens (tertiary/aromatic N) is 4. The number of aromatic nitrogens is 2. The molecule has 0 atom stereocenters. The highest BCUT2D eigenvalue weighted by Crippen LogP contribution is 2.41. The Labute approximate surface area is 191 Å². The molecule has 0 radical (unpaired) electrons. The topological polar surface area (TPSA) is 101 Å². The fourth-order valence-corrected chi connectivity index (χ4v) is 3.57. The first-order chi connectivity index (χ1) is 16.0. The largest absolute Gasteiger partial charge is 0.497 e. The second-order valence-electron chi connectivity index (χ2n) is 7.28. The summed E-state index contributed by atoms with van der Waals surface area (Å²) < 4.78 is 17.5. The molecule has 4 rings (SSSR count). The smallest absolute Gasteiger partial charge is 0.147 e. The predicted octanol–water partition coefficient (Wildman–Crippen LogP) is 5.79.